The number of rotatable bonds is 2. The first-order valence-corrected chi connectivity index (χ1v) is 6.24. The summed E-state index contributed by atoms with van der Waals surface area (Å²) in [5.41, 5.74) is 2.00. The molecule has 0 unspecified atom stereocenters. The maximum atomic E-state index is 11.8. The molecule has 3 heteroatoms. The molecule has 2 nitrogen and oxygen atoms in total. The minimum atomic E-state index is -0.00843. The van der Waals surface area contributed by atoms with Crippen molar-refractivity contribution in [3.63, 3.8) is 0 Å². The number of amides is 1. The van der Waals surface area contributed by atoms with Crippen molar-refractivity contribution < 1.29 is 4.79 Å². The van der Waals surface area contributed by atoms with Gasteiger partial charge >= 0.3 is 0 Å². The monoisotopic (exact) mass is 233 g/mol. The summed E-state index contributed by atoms with van der Waals surface area (Å²) in [5.74, 6) is 0.431. The molecule has 1 N–H and O–H groups in total. The van der Waals surface area contributed by atoms with Crippen LogP contribution in [-0.2, 0) is 0 Å². The standard InChI is InChI=1S/C13H15NOS/c1-8(2)9-6-11(13(15)14-3)10-4-5-16-12(10)7-9/h4-8H,1-3H3,(H,14,15). The van der Waals surface area contributed by atoms with Crippen molar-refractivity contribution in [2.45, 2.75) is 19.8 Å². The molecule has 0 saturated carbocycles. The van der Waals surface area contributed by atoms with Crippen molar-refractivity contribution in [1.29, 1.82) is 0 Å². The van der Waals surface area contributed by atoms with E-state index in [4.69, 9.17) is 0 Å². The molecule has 16 heavy (non-hydrogen) atoms. The lowest BCUT2D eigenvalue weighted by Crippen LogP contribution is -2.18. The number of carbonyl (C=O) groups is 1. The number of thiophene rings is 1. The molecular weight excluding hydrogens is 218 g/mol. The first-order chi connectivity index (χ1) is 7.63. The van der Waals surface area contributed by atoms with Gasteiger partial charge in [0.15, 0.2) is 0 Å². The van der Waals surface area contributed by atoms with Gasteiger partial charge in [0.25, 0.3) is 5.91 Å². The summed E-state index contributed by atoms with van der Waals surface area (Å²) in [7, 11) is 1.67. The number of nitrogens with one attached hydrogen (secondary N) is 1. The molecule has 0 aliphatic rings. The van der Waals surface area contributed by atoms with E-state index in [2.05, 4.69) is 25.2 Å². The summed E-state index contributed by atoms with van der Waals surface area (Å²) in [6.07, 6.45) is 0. The van der Waals surface area contributed by atoms with Crippen LogP contribution in [0.15, 0.2) is 23.6 Å². The van der Waals surface area contributed by atoms with E-state index in [0.29, 0.717) is 5.92 Å². The Bertz CT molecular complexity index is 528. The predicted octanol–water partition coefficient (Wildman–Crippen LogP) is 3.38. The number of fused-ring (bicyclic) bond motifs is 1. The average Bonchev–Trinajstić information content (AvgIpc) is 2.74. The Morgan fingerprint density at radius 1 is 1.38 bits per heavy atom. The number of hydrogen-bond donors (Lipinski definition) is 1. The normalized spacial score (nSPS) is 11.0. The quantitative estimate of drug-likeness (QED) is 0.846. The van der Waals surface area contributed by atoms with E-state index in [-0.39, 0.29) is 5.91 Å². The van der Waals surface area contributed by atoms with E-state index in [1.54, 1.807) is 18.4 Å². The SMILES string of the molecule is CNC(=O)c1cc(C(C)C)cc2sccc12. The molecule has 0 saturated heterocycles. The minimum Gasteiger partial charge on any atom is -0.355 e. The van der Waals surface area contributed by atoms with Crippen LogP contribution in [0, 0.1) is 0 Å². The molecule has 1 aromatic carbocycles. The highest BCUT2D eigenvalue weighted by Gasteiger charge is 2.12. The van der Waals surface area contributed by atoms with E-state index in [9.17, 15) is 4.79 Å². The van der Waals surface area contributed by atoms with Crippen molar-refractivity contribution in [3.8, 4) is 0 Å². The molecule has 0 bridgehead atoms. The maximum absolute atomic E-state index is 11.8. The lowest BCUT2D eigenvalue weighted by atomic mass is 9.98. The Morgan fingerprint density at radius 2 is 2.12 bits per heavy atom. The van der Waals surface area contributed by atoms with E-state index in [1.807, 2.05) is 17.5 Å². The summed E-state index contributed by atoms with van der Waals surface area (Å²) < 4.78 is 1.19. The molecule has 1 amide bonds. The molecule has 2 aromatic rings. The van der Waals surface area contributed by atoms with Gasteiger partial charge < -0.3 is 5.32 Å². The Kier molecular flexibility index (Phi) is 2.97. The number of hydrogen-bond acceptors (Lipinski definition) is 2. The van der Waals surface area contributed by atoms with Gasteiger partial charge in [-0.1, -0.05) is 13.8 Å². The summed E-state index contributed by atoms with van der Waals surface area (Å²) in [6, 6.07) is 6.18. The fourth-order valence-corrected chi connectivity index (χ4v) is 2.61. The largest absolute Gasteiger partial charge is 0.355 e. The summed E-state index contributed by atoms with van der Waals surface area (Å²) >= 11 is 1.68. The smallest absolute Gasteiger partial charge is 0.251 e. The van der Waals surface area contributed by atoms with E-state index in [0.717, 1.165) is 10.9 Å². The third kappa shape index (κ3) is 1.83. The van der Waals surface area contributed by atoms with Gasteiger partial charge in [-0.3, -0.25) is 4.79 Å². The van der Waals surface area contributed by atoms with Gasteiger partial charge in [-0.25, -0.2) is 0 Å². The fraction of sp³-hybridized carbons (Fsp3) is 0.308. The minimum absolute atomic E-state index is 0.00843. The molecule has 0 atom stereocenters. The third-order valence-corrected chi connectivity index (χ3v) is 3.60. The summed E-state index contributed by atoms with van der Waals surface area (Å²) in [5, 5.41) is 5.77. The van der Waals surface area contributed by atoms with Crippen molar-refractivity contribution in [2.24, 2.45) is 0 Å². The molecule has 0 aliphatic heterocycles. The zero-order chi connectivity index (χ0) is 11.7. The average molecular weight is 233 g/mol. The molecule has 1 heterocycles. The molecular formula is C13H15NOS. The lowest BCUT2D eigenvalue weighted by molar-refractivity contribution is 0.0964. The molecule has 84 valence electrons. The number of benzene rings is 1. The Balaban J connectivity index is 2.68. The second kappa shape index (κ2) is 4.26. The lowest BCUT2D eigenvalue weighted by Gasteiger charge is -2.09. The molecule has 0 fully saturated rings. The molecule has 0 radical (unpaired) electrons. The highest BCUT2D eigenvalue weighted by atomic mass is 32.1. The third-order valence-electron chi connectivity index (χ3n) is 2.73. The van der Waals surface area contributed by atoms with Gasteiger partial charge in [0.2, 0.25) is 0 Å². The molecule has 1 aromatic heterocycles. The van der Waals surface area contributed by atoms with Gasteiger partial charge in [-0.05, 0) is 35.1 Å². The zero-order valence-corrected chi connectivity index (χ0v) is 10.5. The Hall–Kier alpha value is -1.35. The van der Waals surface area contributed by atoms with Crippen molar-refractivity contribution in [1.82, 2.24) is 5.32 Å². The highest BCUT2D eigenvalue weighted by molar-refractivity contribution is 7.17. The highest BCUT2D eigenvalue weighted by Crippen LogP contribution is 2.29. The fourth-order valence-electron chi connectivity index (χ4n) is 1.75. The van der Waals surface area contributed by atoms with Crippen molar-refractivity contribution in [2.75, 3.05) is 7.05 Å². The van der Waals surface area contributed by atoms with Gasteiger partial charge in [0.1, 0.15) is 0 Å². The van der Waals surface area contributed by atoms with Gasteiger partial charge in [-0.15, -0.1) is 11.3 Å². The van der Waals surface area contributed by atoms with E-state index in [1.165, 1.54) is 10.3 Å². The van der Waals surface area contributed by atoms with Gasteiger partial charge in [-0.2, -0.15) is 0 Å². The first-order valence-electron chi connectivity index (χ1n) is 5.36. The molecule has 0 aliphatic carbocycles. The molecule has 2 rings (SSSR count). The van der Waals surface area contributed by atoms with Crippen LogP contribution >= 0.6 is 11.3 Å². The van der Waals surface area contributed by atoms with E-state index >= 15 is 0 Å². The van der Waals surface area contributed by atoms with Crippen LogP contribution in [0.3, 0.4) is 0 Å². The molecule has 0 spiro atoms. The predicted molar refractivity (Wildman–Crippen MR) is 69.3 cm³/mol. The van der Waals surface area contributed by atoms with E-state index < -0.39 is 0 Å². The van der Waals surface area contributed by atoms with Crippen LogP contribution in [0.1, 0.15) is 35.7 Å². The van der Waals surface area contributed by atoms with Crippen LogP contribution in [0.5, 0.6) is 0 Å². The zero-order valence-electron chi connectivity index (χ0n) is 9.70. The summed E-state index contributed by atoms with van der Waals surface area (Å²) in [4.78, 5) is 11.8. The topological polar surface area (TPSA) is 29.1 Å². The van der Waals surface area contributed by atoms with Crippen LogP contribution in [-0.4, -0.2) is 13.0 Å². The second-order valence-electron chi connectivity index (χ2n) is 4.13. The van der Waals surface area contributed by atoms with Crippen molar-refractivity contribution in [3.05, 3.63) is 34.7 Å². The number of carbonyl (C=O) groups excluding carboxylic acids is 1. The van der Waals surface area contributed by atoms with Crippen molar-refractivity contribution >= 4 is 27.3 Å². The summed E-state index contributed by atoms with van der Waals surface area (Å²) in [6.45, 7) is 4.28. The maximum Gasteiger partial charge on any atom is 0.251 e. The first kappa shape index (κ1) is 11.1. The van der Waals surface area contributed by atoms with Crippen LogP contribution in [0.2, 0.25) is 0 Å². The van der Waals surface area contributed by atoms with Gasteiger partial charge in [0.05, 0.1) is 0 Å². The second-order valence-corrected chi connectivity index (χ2v) is 5.08. The van der Waals surface area contributed by atoms with Gasteiger partial charge in [0, 0.05) is 22.7 Å². The Morgan fingerprint density at radius 3 is 2.75 bits per heavy atom. The Labute approximate surface area is 99.3 Å². The van der Waals surface area contributed by atoms with Crippen LogP contribution < -0.4 is 5.32 Å². The van der Waals surface area contributed by atoms with Crippen LogP contribution in [0.4, 0.5) is 0 Å². The van der Waals surface area contributed by atoms with Crippen LogP contribution in [0.25, 0.3) is 10.1 Å².